The van der Waals surface area contributed by atoms with Gasteiger partial charge in [0.25, 0.3) is 0 Å². The SMILES string of the molecule is CC1(C)OB(c2ccc(CNc3cccc(-c4nc5ccccc5s4)c3)cc2)OC1(C)C. The largest absolute Gasteiger partial charge is 0.494 e. The highest BCUT2D eigenvalue weighted by Gasteiger charge is 2.51. The summed E-state index contributed by atoms with van der Waals surface area (Å²) in [7, 11) is -0.326. The van der Waals surface area contributed by atoms with Crippen molar-refractivity contribution >= 4 is 39.8 Å². The molecule has 1 fully saturated rings. The van der Waals surface area contributed by atoms with Crippen LogP contribution in [0.2, 0.25) is 0 Å². The third kappa shape index (κ3) is 4.06. The first-order chi connectivity index (χ1) is 15.3. The van der Waals surface area contributed by atoms with Crippen molar-refractivity contribution in [3.63, 3.8) is 0 Å². The molecule has 0 bridgehead atoms. The van der Waals surface area contributed by atoms with Gasteiger partial charge in [-0.2, -0.15) is 0 Å². The Bertz CT molecular complexity index is 1200. The minimum Gasteiger partial charge on any atom is -0.399 e. The zero-order valence-corrected chi connectivity index (χ0v) is 19.7. The Morgan fingerprint density at radius 2 is 1.59 bits per heavy atom. The number of fused-ring (bicyclic) bond motifs is 1. The average molecular weight is 442 g/mol. The maximum Gasteiger partial charge on any atom is 0.494 e. The number of rotatable bonds is 5. The predicted molar refractivity (Wildman–Crippen MR) is 135 cm³/mol. The first kappa shape index (κ1) is 21.2. The molecule has 1 N–H and O–H groups in total. The lowest BCUT2D eigenvalue weighted by molar-refractivity contribution is 0.00578. The molecular weight excluding hydrogens is 415 g/mol. The third-order valence-corrected chi connectivity index (χ3v) is 7.49. The maximum absolute atomic E-state index is 6.15. The molecule has 1 aliphatic rings. The quantitative estimate of drug-likeness (QED) is 0.393. The first-order valence-corrected chi connectivity index (χ1v) is 11.8. The van der Waals surface area contributed by atoms with Crippen LogP contribution in [-0.2, 0) is 15.9 Å². The molecule has 4 aromatic rings. The minimum absolute atomic E-state index is 0.326. The normalized spacial score (nSPS) is 17.1. The summed E-state index contributed by atoms with van der Waals surface area (Å²) in [6.45, 7) is 9.05. The fourth-order valence-electron chi connectivity index (χ4n) is 3.73. The van der Waals surface area contributed by atoms with E-state index in [0.717, 1.165) is 33.8 Å². The summed E-state index contributed by atoms with van der Waals surface area (Å²) in [6.07, 6.45) is 0. The summed E-state index contributed by atoms with van der Waals surface area (Å²) in [5.41, 5.74) is 4.86. The van der Waals surface area contributed by atoms with Gasteiger partial charge in [-0.05, 0) is 63.0 Å². The van der Waals surface area contributed by atoms with E-state index in [1.54, 1.807) is 11.3 Å². The van der Waals surface area contributed by atoms with E-state index in [1.807, 2.05) is 6.07 Å². The van der Waals surface area contributed by atoms with E-state index < -0.39 is 0 Å². The van der Waals surface area contributed by atoms with Crippen LogP contribution in [0.1, 0.15) is 33.3 Å². The van der Waals surface area contributed by atoms with Crippen LogP contribution in [0.3, 0.4) is 0 Å². The molecule has 6 heteroatoms. The van der Waals surface area contributed by atoms with Crippen LogP contribution in [0.4, 0.5) is 5.69 Å². The van der Waals surface area contributed by atoms with Crippen LogP contribution in [0.15, 0.2) is 72.8 Å². The maximum atomic E-state index is 6.15. The monoisotopic (exact) mass is 442 g/mol. The van der Waals surface area contributed by atoms with E-state index in [1.165, 1.54) is 10.3 Å². The lowest BCUT2D eigenvalue weighted by atomic mass is 9.79. The highest BCUT2D eigenvalue weighted by Crippen LogP contribution is 2.36. The van der Waals surface area contributed by atoms with Crippen molar-refractivity contribution in [2.75, 3.05) is 5.32 Å². The number of anilines is 1. The summed E-state index contributed by atoms with van der Waals surface area (Å²) >= 11 is 1.72. The van der Waals surface area contributed by atoms with Gasteiger partial charge in [-0.1, -0.05) is 48.5 Å². The summed E-state index contributed by atoms with van der Waals surface area (Å²) < 4.78 is 13.5. The number of hydrogen-bond acceptors (Lipinski definition) is 5. The molecule has 0 unspecified atom stereocenters. The lowest BCUT2D eigenvalue weighted by Gasteiger charge is -2.32. The van der Waals surface area contributed by atoms with Crippen LogP contribution in [-0.4, -0.2) is 23.3 Å². The van der Waals surface area contributed by atoms with Crippen LogP contribution >= 0.6 is 11.3 Å². The zero-order valence-electron chi connectivity index (χ0n) is 18.9. The first-order valence-electron chi connectivity index (χ1n) is 11.0. The van der Waals surface area contributed by atoms with E-state index in [2.05, 4.69) is 99.7 Å². The van der Waals surface area contributed by atoms with Gasteiger partial charge in [0.15, 0.2) is 0 Å². The van der Waals surface area contributed by atoms with Gasteiger partial charge in [0.2, 0.25) is 0 Å². The van der Waals surface area contributed by atoms with Gasteiger partial charge in [0.1, 0.15) is 5.01 Å². The molecule has 0 spiro atoms. The topological polar surface area (TPSA) is 43.4 Å². The molecule has 0 aliphatic carbocycles. The molecule has 1 saturated heterocycles. The number of aromatic nitrogens is 1. The Hall–Kier alpha value is -2.67. The van der Waals surface area contributed by atoms with Crippen molar-refractivity contribution < 1.29 is 9.31 Å². The van der Waals surface area contributed by atoms with Gasteiger partial charge in [0, 0.05) is 17.8 Å². The molecule has 0 saturated carbocycles. The van der Waals surface area contributed by atoms with Gasteiger partial charge in [-0.3, -0.25) is 0 Å². The second kappa shape index (κ2) is 8.03. The molecule has 0 atom stereocenters. The Labute approximate surface area is 193 Å². The predicted octanol–water partition coefficient (Wildman–Crippen LogP) is 5.87. The third-order valence-electron chi connectivity index (χ3n) is 6.41. The van der Waals surface area contributed by atoms with E-state index in [4.69, 9.17) is 14.3 Å². The fraction of sp³-hybridized carbons (Fsp3) is 0.269. The molecule has 1 aliphatic heterocycles. The number of benzene rings is 3. The number of nitrogens with zero attached hydrogens (tertiary/aromatic N) is 1. The highest BCUT2D eigenvalue weighted by atomic mass is 32.1. The van der Waals surface area contributed by atoms with Crippen molar-refractivity contribution in [2.24, 2.45) is 0 Å². The molecule has 3 aromatic carbocycles. The second-order valence-corrected chi connectivity index (χ2v) is 10.3. The van der Waals surface area contributed by atoms with Crippen molar-refractivity contribution in [3.05, 3.63) is 78.4 Å². The summed E-state index contributed by atoms with van der Waals surface area (Å²) in [5.74, 6) is 0. The van der Waals surface area contributed by atoms with Crippen LogP contribution in [0.5, 0.6) is 0 Å². The highest BCUT2D eigenvalue weighted by molar-refractivity contribution is 7.21. The average Bonchev–Trinajstić information content (AvgIpc) is 3.30. The lowest BCUT2D eigenvalue weighted by Crippen LogP contribution is -2.41. The number of nitrogens with one attached hydrogen (secondary N) is 1. The minimum atomic E-state index is -0.327. The van der Waals surface area contributed by atoms with Crippen LogP contribution in [0, 0.1) is 0 Å². The fourth-order valence-corrected chi connectivity index (χ4v) is 4.70. The molecule has 0 radical (unpaired) electrons. The molecule has 2 heterocycles. The number of para-hydroxylation sites is 1. The van der Waals surface area contributed by atoms with Crippen molar-refractivity contribution in [3.8, 4) is 10.6 Å². The Morgan fingerprint density at radius 3 is 2.31 bits per heavy atom. The van der Waals surface area contributed by atoms with E-state index in [9.17, 15) is 0 Å². The van der Waals surface area contributed by atoms with Gasteiger partial charge in [0.05, 0.1) is 21.4 Å². The molecule has 162 valence electrons. The molecular formula is C26H27BN2O2S. The van der Waals surface area contributed by atoms with Crippen molar-refractivity contribution in [1.82, 2.24) is 4.98 Å². The zero-order chi connectivity index (χ0) is 22.3. The van der Waals surface area contributed by atoms with Gasteiger partial charge in [-0.15, -0.1) is 11.3 Å². The van der Waals surface area contributed by atoms with E-state index in [-0.39, 0.29) is 18.3 Å². The molecule has 1 aromatic heterocycles. The van der Waals surface area contributed by atoms with Gasteiger partial charge >= 0.3 is 7.12 Å². The standard InChI is InChI=1S/C26H27BN2O2S/c1-25(2)26(3,4)31-27(30-25)20-14-12-18(13-15-20)17-28-21-9-7-8-19(16-21)24-29-22-10-5-6-11-23(22)32-24/h5-16,28H,17H2,1-4H3. The Balaban J connectivity index is 1.26. The summed E-state index contributed by atoms with van der Waals surface area (Å²) in [6, 6.07) is 25.2. The number of hydrogen-bond donors (Lipinski definition) is 1. The second-order valence-electron chi connectivity index (χ2n) is 9.25. The van der Waals surface area contributed by atoms with E-state index in [0.29, 0.717) is 0 Å². The van der Waals surface area contributed by atoms with Crippen LogP contribution < -0.4 is 10.8 Å². The van der Waals surface area contributed by atoms with Crippen molar-refractivity contribution in [1.29, 1.82) is 0 Å². The summed E-state index contributed by atoms with van der Waals surface area (Å²) in [4.78, 5) is 4.78. The molecule has 4 nitrogen and oxygen atoms in total. The smallest absolute Gasteiger partial charge is 0.399 e. The Morgan fingerprint density at radius 1 is 0.875 bits per heavy atom. The van der Waals surface area contributed by atoms with Crippen LogP contribution in [0.25, 0.3) is 20.8 Å². The van der Waals surface area contributed by atoms with Gasteiger partial charge in [-0.25, -0.2) is 4.98 Å². The summed E-state index contributed by atoms with van der Waals surface area (Å²) in [5, 5.41) is 4.58. The molecule has 0 amide bonds. The Kier molecular flexibility index (Phi) is 5.32. The van der Waals surface area contributed by atoms with E-state index >= 15 is 0 Å². The van der Waals surface area contributed by atoms with Crippen molar-refractivity contribution in [2.45, 2.75) is 45.4 Å². The van der Waals surface area contributed by atoms with Gasteiger partial charge < -0.3 is 14.6 Å². The molecule has 32 heavy (non-hydrogen) atoms. The number of thiazole rings is 1. The molecule has 5 rings (SSSR count).